The third-order valence-electron chi connectivity index (χ3n) is 5.21. The summed E-state index contributed by atoms with van der Waals surface area (Å²) in [4.78, 5) is 24.3. The fraction of sp³-hybridized carbons (Fsp3) is 0.474. The van der Waals surface area contributed by atoms with Gasteiger partial charge in [0.1, 0.15) is 5.69 Å². The summed E-state index contributed by atoms with van der Waals surface area (Å²) >= 11 is 0. The molecule has 128 valence electrons. The van der Waals surface area contributed by atoms with Crippen LogP contribution in [-0.4, -0.2) is 21.6 Å². The summed E-state index contributed by atoms with van der Waals surface area (Å²) in [6.45, 7) is 0.657. The van der Waals surface area contributed by atoms with Crippen LogP contribution in [0, 0.1) is 5.41 Å². The van der Waals surface area contributed by atoms with Gasteiger partial charge in [0.05, 0.1) is 0 Å². The summed E-state index contributed by atoms with van der Waals surface area (Å²) < 4.78 is 2.83. The van der Waals surface area contributed by atoms with Crippen molar-refractivity contribution in [3.8, 4) is 0 Å². The normalized spacial score (nSPS) is 16.2. The topological polar surface area (TPSA) is 56.0 Å². The highest BCUT2D eigenvalue weighted by molar-refractivity contribution is 5.92. The van der Waals surface area contributed by atoms with Crippen LogP contribution in [0.3, 0.4) is 0 Å². The monoisotopic (exact) mass is 327 g/mol. The van der Waals surface area contributed by atoms with Gasteiger partial charge in [-0.3, -0.25) is 9.36 Å². The van der Waals surface area contributed by atoms with Crippen molar-refractivity contribution in [3.05, 3.63) is 58.3 Å². The predicted octanol–water partition coefficient (Wildman–Crippen LogP) is 2.26. The van der Waals surface area contributed by atoms with Gasteiger partial charge in [0, 0.05) is 26.8 Å². The highest BCUT2D eigenvalue weighted by Gasteiger charge is 2.34. The minimum atomic E-state index is -0.181. The van der Waals surface area contributed by atoms with Crippen molar-refractivity contribution in [3.63, 3.8) is 0 Å². The molecule has 0 atom stereocenters. The van der Waals surface area contributed by atoms with Gasteiger partial charge in [-0.2, -0.15) is 0 Å². The Labute approximate surface area is 142 Å². The Kier molecular flexibility index (Phi) is 4.60. The molecule has 2 aromatic rings. The van der Waals surface area contributed by atoms with Gasteiger partial charge in [-0.25, -0.2) is 4.79 Å². The van der Waals surface area contributed by atoms with Gasteiger partial charge in [0.2, 0.25) is 0 Å². The molecule has 0 radical (unpaired) electrons. The van der Waals surface area contributed by atoms with Gasteiger partial charge in [0.25, 0.3) is 5.91 Å². The average Bonchev–Trinajstić information content (AvgIpc) is 3.15. The van der Waals surface area contributed by atoms with Crippen LogP contribution in [0.25, 0.3) is 0 Å². The molecule has 1 saturated carbocycles. The second kappa shape index (κ2) is 6.67. The van der Waals surface area contributed by atoms with Gasteiger partial charge in [-0.15, -0.1) is 0 Å². The lowest BCUT2D eigenvalue weighted by molar-refractivity contribution is 0.0921. The van der Waals surface area contributed by atoms with Crippen molar-refractivity contribution in [1.29, 1.82) is 0 Å². The quantitative estimate of drug-likeness (QED) is 0.916. The molecule has 1 amide bonds. The van der Waals surface area contributed by atoms with Crippen LogP contribution in [0.5, 0.6) is 0 Å². The molecule has 0 saturated heterocycles. The Hall–Kier alpha value is -2.30. The van der Waals surface area contributed by atoms with Gasteiger partial charge >= 0.3 is 5.69 Å². The largest absolute Gasteiger partial charge is 0.350 e. The number of aromatic nitrogens is 2. The molecule has 24 heavy (non-hydrogen) atoms. The first-order chi connectivity index (χ1) is 11.5. The van der Waals surface area contributed by atoms with E-state index in [0.717, 1.165) is 19.3 Å². The van der Waals surface area contributed by atoms with E-state index in [0.29, 0.717) is 12.2 Å². The minimum absolute atomic E-state index is 0.130. The maximum atomic E-state index is 12.5. The van der Waals surface area contributed by atoms with Crippen LogP contribution in [0.15, 0.2) is 41.3 Å². The van der Waals surface area contributed by atoms with Crippen LogP contribution in [-0.2, 0) is 20.5 Å². The van der Waals surface area contributed by atoms with Crippen LogP contribution >= 0.6 is 0 Å². The third-order valence-corrected chi connectivity index (χ3v) is 5.21. The van der Waals surface area contributed by atoms with E-state index in [2.05, 4.69) is 29.6 Å². The van der Waals surface area contributed by atoms with Crippen molar-refractivity contribution < 1.29 is 4.79 Å². The number of nitrogens with one attached hydrogen (secondary N) is 1. The summed E-state index contributed by atoms with van der Waals surface area (Å²) in [5.41, 5.74) is 1.68. The number of aryl methyl sites for hydroxylation is 1. The molecule has 0 unspecified atom stereocenters. The molecule has 1 fully saturated rings. The molecular weight excluding hydrogens is 302 g/mol. The lowest BCUT2D eigenvalue weighted by Crippen LogP contribution is -2.38. The maximum Gasteiger partial charge on any atom is 0.328 e. The Morgan fingerprint density at radius 2 is 1.83 bits per heavy atom. The third kappa shape index (κ3) is 3.30. The number of carbonyl (C=O) groups excluding carboxylic acids is 1. The first-order valence-corrected chi connectivity index (χ1v) is 8.55. The summed E-state index contributed by atoms with van der Waals surface area (Å²) in [6, 6.07) is 10.5. The fourth-order valence-electron chi connectivity index (χ4n) is 3.80. The van der Waals surface area contributed by atoms with E-state index < -0.39 is 0 Å². The lowest BCUT2D eigenvalue weighted by atomic mass is 9.80. The van der Waals surface area contributed by atoms with E-state index in [1.165, 1.54) is 27.5 Å². The molecule has 1 N–H and O–H groups in total. The van der Waals surface area contributed by atoms with Gasteiger partial charge < -0.3 is 9.88 Å². The Bertz CT molecular complexity index is 768. The molecule has 1 aromatic heterocycles. The Morgan fingerprint density at radius 1 is 1.17 bits per heavy atom. The fourth-order valence-corrected chi connectivity index (χ4v) is 3.80. The van der Waals surface area contributed by atoms with Crippen LogP contribution in [0.2, 0.25) is 0 Å². The molecule has 5 nitrogen and oxygen atoms in total. The van der Waals surface area contributed by atoms with Crippen molar-refractivity contribution in [2.75, 3.05) is 6.54 Å². The van der Waals surface area contributed by atoms with Crippen molar-refractivity contribution in [2.45, 2.75) is 32.1 Å². The SMILES string of the molecule is Cn1cc(C(=O)NCC2(Cc3ccccc3)CCCC2)n(C)c1=O. The van der Waals surface area contributed by atoms with Gasteiger partial charge in [-0.05, 0) is 30.2 Å². The summed E-state index contributed by atoms with van der Waals surface area (Å²) in [5.74, 6) is -0.172. The molecule has 1 heterocycles. The number of rotatable bonds is 5. The molecule has 0 aliphatic heterocycles. The lowest BCUT2D eigenvalue weighted by Gasteiger charge is -2.29. The first kappa shape index (κ1) is 16.6. The number of hydrogen-bond acceptors (Lipinski definition) is 2. The number of hydrogen-bond donors (Lipinski definition) is 1. The van der Waals surface area contributed by atoms with E-state index in [1.807, 2.05) is 6.07 Å². The number of amides is 1. The van der Waals surface area contributed by atoms with Gasteiger partial charge in [0.15, 0.2) is 0 Å². The standard InChI is InChI=1S/C19H25N3O2/c1-21-13-16(22(2)18(21)24)17(23)20-14-19(10-6-7-11-19)12-15-8-4-3-5-9-15/h3-5,8-9,13H,6-7,10-12,14H2,1-2H3,(H,20,23). The summed E-state index contributed by atoms with van der Waals surface area (Å²) in [5, 5.41) is 3.07. The van der Waals surface area contributed by atoms with Crippen LogP contribution in [0.4, 0.5) is 0 Å². The molecular formula is C19H25N3O2. The number of nitrogens with zero attached hydrogens (tertiary/aromatic N) is 2. The zero-order valence-corrected chi connectivity index (χ0v) is 14.4. The van der Waals surface area contributed by atoms with Crippen molar-refractivity contribution in [1.82, 2.24) is 14.5 Å². The Morgan fingerprint density at radius 3 is 2.42 bits per heavy atom. The summed E-state index contributed by atoms with van der Waals surface area (Å²) in [6.07, 6.45) is 7.28. The number of carbonyl (C=O) groups is 1. The van der Waals surface area contributed by atoms with Crippen molar-refractivity contribution >= 4 is 5.91 Å². The minimum Gasteiger partial charge on any atom is -0.350 e. The van der Waals surface area contributed by atoms with E-state index in [1.54, 1.807) is 20.3 Å². The molecule has 0 bridgehead atoms. The molecule has 3 rings (SSSR count). The predicted molar refractivity (Wildman–Crippen MR) is 94.0 cm³/mol. The zero-order valence-electron chi connectivity index (χ0n) is 14.4. The highest BCUT2D eigenvalue weighted by atomic mass is 16.2. The van der Waals surface area contributed by atoms with Crippen LogP contribution in [0.1, 0.15) is 41.7 Å². The smallest absolute Gasteiger partial charge is 0.328 e. The second-order valence-corrected chi connectivity index (χ2v) is 7.02. The Balaban J connectivity index is 1.71. The zero-order chi connectivity index (χ0) is 17.2. The molecule has 1 aliphatic carbocycles. The second-order valence-electron chi connectivity index (χ2n) is 7.02. The van der Waals surface area contributed by atoms with E-state index in [4.69, 9.17) is 0 Å². The molecule has 0 spiro atoms. The van der Waals surface area contributed by atoms with Crippen LogP contribution < -0.4 is 11.0 Å². The molecule has 1 aromatic carbocycles. The average molecular weight is 327 g/mol. The number of imidazole rings is 1. The molecule has 1 aliphatic rings. The first-order valence-electron chi connectivity index (χ1n) is 8.55. The van der Waals surface area contributed by atoms with E-state index >= 15 is 0 Å². The van der Waals surface area contributed by atoms with Crippen molar-refractivity contribution in [2.24, 2.45) is 19.5 Å². The summed E-state index contributed by atoms with van der Waals surface area (Å²) in [7, 11) is 3.29. The maximum absolute atomic E-state index is 12.5. The highest BCUT2D eigenvalue weighted by Crippen LogP contribution is 2.40. The van der Waals surface area contributed by atoms with E-state index in [9.17, 15) is 9.59 Å². The molecule has 5 heteroatoms. The number of benzene rings is 1. The van der Waals surface area contributed by atoms with Gasteiger partial charge in [-0.1, -0.05) is 43.2 Å². The van der Waals surface area contributed by atoms with E-state index in [-0.39, 0.29) is 17.0 Å².